The fraction of sp³-hybridized carbons (Fsp3) is 0.303. The van der Waals surface area contributed by atoms with Crippen molar-refractivity contribution in [2.24, 2.45) is 0 Å². The highest BCUT2D eigenvalue weighted by Crippen LogP contribution is 2.44. The number of carbonyl (C=O) groups is 2. The maximum Gasteiger partial charge on any atom is 0.412 e. The van der Waals surface area contributed by atoms with E-state index >= 15 is 0 Å². The van der Waals surface area contributed by atoms with Crippen molar-refractivity contribution in [3.05, 3.63) is 89.4 Å². The van der Waals surface area contributed by atoms with Crippen molar-refractivity contribution < 1.29 is 14.3 Å². The Balaban J connectivity index is 1.15. The minimum atomic E-state index is -0.648. The average molecular weight is 582 g/mol. The van der Waals surface area contributed by atoms with E-state index in [1.54, 1.807) is 50.4 Å². The topological polar surface area (TPSA) is 95.6 Å². The van der Waals surface area contributed by atoms with E-state index in [9.17, 15) is 9.59 Å². The number of nitrogens with one attached hydrogen (secondary N) is 3. The number of rotatable bonds is 5. The Kier molecular flexibility index (Phi) is 7.36. The number of hydrogen-bond acceptors (Lipinski definition) is 7. The van der Waals surface area contributed by atoms with Gasteiger partial charge in [-0.05, 0) is 86.5 Å². The molecular weight excluding hydrogens is 546 g/mol. The summed E-state index contributed by atoms with van der Waals surface area (Å²) >= 11 is 1.60. The fourth-order valence-electron chi connectivity index (χ4n) is 5.74. The maximum absolute atomic E-state index is 13.3. The molecule has 0 saturated carbocycles. The summed E-state index contributed by atoms with van der Waals surface area (Å²) in [5.74, 6) is 0.559. The van der Waals surface area contributed by atoms with Gasteiger partial charge in [0.15, 0.2) is 0 Å². The summed E-state index contributed by atoms with van der Waals surface area (Å²) in [6.07, 6.45) is 3.13. The summed E-state index contributed by atoms with van der Waals surface area (Å²) in [6.45, 7) is 8.20. The summed E-state index contributed by atoms with van der Waals surface area (Å²) in [6, 6.07) is 21.9. The van der Waals surface area contributed by atoms with E-state index in [-0.39, 0.29) is 11.3 Å². The van der Waals surface area contributed by atoms with Gasteiger partial charge >= 0.3 is 6.09 Å². The normalized spacial score (nSPS) is 15.5. The van der Waals surface area contributed by atoms with Crippen LogP contribution in [0.3, 0.4) is 0 Å². The van der Waals surface area contributed by atoms with Crippen LogP contribution in [0.1, 0.15) is 49.5 Å². The molecule has 216 valence electrons. The average Bonchev–Trinajstić information content (AvgIpc) is 3.63. The molecular formula is C33H35N5O3S. The molecule has 9 heteroatoms. The first-order chi connectivity index (χ1) is 20.2. The molecule has 2 aromatic heterocycles. The van der Waals surface area contributed by atoms with Crippen LogP contribution in [0.25, 0.3) is 10.4 Å². The zero-order valence-corrected chi connectivity index (χ0v) is 24.9. The minimum absolute atomic E-state index is 0.176. The Morgan fingerprint density at radius 1 is 0.976 bits per heavy atom. The molecule has 6 rings (SSSR count). The van der Waals surface area contributed by atoms with E-state index in [2.05, 4.69) is 50.1 Å². The number of thiophene rings is 1. The highest BCUT2D eigenvalue weighted by atomic mass is 32.1. The summed E-state index contributed by atoms with van der Waals surface area (Å²) in [5.41, 5.74) is 4.51. The van der Waals surface area contributed by atoms with Crippen LogP contribution in [0.15, 0.2) is 78.3 Å². The Hall–Kier alpha value is -4.37. The van der Waals surface area contributed by atoms with Gasteiger partial charge in [-0.3, -0.25) is 10.1 Å². The number of piperidine rings is 1. The highest BCUT2D eigenvalue weighted by molar-refractivity contribution is 7.13. The van der Waals surface area contributed by atoms with Crippen LogP contribution in [-0.4, -0.2) is 42.2 Å². The first-order valence-corrected chi connectivity index (χ1v) is 15.1. The molecule has 0 radical (unpaired) electrons. The maximum atomic E-state index is 13.3. The van der Waals surface area contributed by atoms with Gasteiger partial charge in [0, 0.05) is 41.8 Å². The quantitative estimate of drug-likeness (QED) is 0.228. The molecule has 0 aliphatic carbocycles. The zero-order valence-electron chi connectivity index (χ0n) is 24.1. The van der Waals surface area contributed by atoms with Crippen LogP contribution >= 0.6 is 11.3 Å². The van der Waals surface area contributed by atoms with Gasteiger partial charge in [0.05, 0.1) is 16.9 Å². The number of benzene rings is 2. The van der Waals surface area contributed by atoms with Crippen LogP contribution < -0.4 is 20.9 Å². The summed E-state index contributed by atoms with van der Waals surface area (Å²) in [5, 5.41) is 11.3. The third-order valence-corrected chi connectivity index (χ3v) is 8.80. The summed E-state index contributed by atoms with van der Waals surface area (Å²) in [7, 11) is 0. The molecule has 8 nitrogen and oxygen atoms in total. The van der Waals surface area contributed by atoms with Gasteiger partial charge in [-0.15, -0.1) is 11.3 Å². The lowest BCUT2D eigenvalue weighted by atomic mass is 9.74. The number of aromatic nitrogens is 1. The van der Waals surface area contributed by atoms with Crippen molar-refractivity contribution in [1.82, 2.24) is 4.98 Å². The smallest absolute Gasteiger partial charge is 0.412 e. The largest absolute Gasteiger partial charge is 0.444 e. The zero-order chi connectivity index (χ0) is 29.3. The number of amides is 2. The Labute approximate surface area is 250 Å². The lowest BCUT2D eigenvalue weighted by molar-refractivity contribution is 0.0635. The molecule has 4 aromatic rings. The van der Waals surface area contributed by atoms with E-state index in [1.165, 1.54) is 11.3 Å². The molecule has 2 aliphatic rings. The molecule has 1 fully saturated rings. The van der Waals surface area contributed by atoms with Crippen molar-refractivity contribution in [3.8, 4) is 10.4 Å². The van der Waals surface area contributed by atoms with Crippen molar-refractivity contribution in [2.75, 3.05) is 40.5 Å². The second kappa shape index (κ2) is 11.1. The fourth-order valence-corrected chi connectivity index (χ4v) is 6.46. The monoisotopic (exact) mass is 581 g/mol. The van der Waals surface area contributed by atoms with Crippen LogP contribution in [-0.2, 0) is 10.2 Å². The molecule has 0 unspecified atom stereocenters. The van der Waals surface area contributed by atoms with E-state index in [0.29, 0.717) is 16.9 Å². The van der Waals surface area contributed by atoms with Gasteiger partial charge in [-0.25, -0.2) is 9.78 Å². The lowest BCUT2D eigenvalue weighted by Gasteiger charge is -2.40. The van der Waals surface area contributed by atoms with Gasteiger partial charge in [0.2, 0.25) is 0 Å². The molecule has 2 amide bonds. The van der Waals surface area contributed by atoms with E-state index in [4.69, 9.17) is 4.74 Å². The minimum Gasteiger partial charge on any atom is -0.444 e. The van der Waals surface area contributed by atoms with Crippen LogP contribution in [0.5, 0.6) is 0 Å². The van der Waals surface area contributed by atoms with Gasteiger partial charge in [-0.2, -0.15) is 0 Å². The van der Waals surface area contributed by atoms with Crippen molar-refractivity contribution in [2.45, 2.75) is 44.6 Å². The van der Waals surface area contributed by atoms with Crippen molar-refractivity contribution in [3.63, 3.8) is 0 Å². The molecule has 1 spiro atoms. The van der Waals surface area contributed by atoms with Crippen LogP contribution in [0.2, 0.25) is 0 Å². The molecule has 42 heavy (non-hydrogen) atoms. The van der Waals surface area contributed by atoms with Gasteiger partial charge < -0.3 is 20.3 Å². The van der Waals surface area contributed by atoms with Crippen molar-refractivity contribution in [1.29, 1.82) is 0 Å². The molecule has 0 atom stereocenters. The highest BCUT2D eigenvalue weighted by Gasteiger charge is 2.41. The number of pyridine rings is 1. The first kappa shape index (κ1) is 27.8. The Morgan fingerprint density at radius 2 is 1.79 bits per heavy atom. The predicted molar refractivity (Wildman–Crippen MR) is 170 cm³/mol. The number of anilines is 4. The Bertz CT molecular complexity index is 1590. The molecule has 2 aromatic carbocycles. The van der Waals surface area contributed by atoms with E-state index in [1.807, 2.05) is 35.7 Å². The SMILES string of the molecule is CC(C)(C)OC(=O)Nc1ccc(-c2cccs2)cc1NC(=O)c1ccc(N2CCC3(CC2)CNc2ccccc23)nc1. The number of fused-ring (bicyclic) bond motifs is 2. The Morgan fingerprint density at radius 3 is 2.50 bits per heavy atom. The summed E-state index contributed by atoms with van der Waals surface area (Å²) < 4.78 is 5.43. The first-order valence-electron chi connectivity index (χ1n) is 14.2. The molecule has 1 saturated heterocycles. The van der Waals surface area contributed by atoms with E-state index < -0.39 is 11.7 Å². The van der Waals surface area contributed by atoms with Gasteiger partial charge in [0.25, 0.3) is 5.91 Å². The molecule has 3 N–H and O–H groups in total. The molecule has 4 heterocycles. The molecule has 2 aliphatic heterocycles. The number of nitrogens with zero attached hydrogens (tertiary/aromatic N) is 2. The predicted octanol–water partition coefficient (Wildman–Crippen LogP) is 7.37. The number of ether oxygens (including phenoxy) is 1. The number of para-hydroxylation sites is 1. The number of carbonyl (C=O) groups excluding carboxylic acids is 2. The third kappa shape index (κ3) is 5.83. The van der Waals surface area contributed by atoms with Gasteiger partial charge in [0.1, 0.15) is 11.4 Å². The second-order valence-electron chi connectivity index (χ2n) is 11.9. The standard InChI is InChI=1S/C33H35N5O3S/c1-32(2,3)41-31(40)37-26-12-10-22(28-9-6-18-42-28)19-27(26)36-30(39)23-11-13-29(34-20-23)38-16-14-33(15-17-38)21-35-25-8-5-4-7-24(25)33/h4-13,18-20,35H,14-17,21H2,1-3H3,(H,36,39)(H,37,40). The van der Waals surface area contributed by atoms with Crippen molar-refractivity contribution >= 4 is 46.2 Å². The van der Waals surface area contributed by atoms with Crippen LogP contribution in [0, 0.1) is 0 Å². The third-order valence-electron chi connectivity index (χ3n) is 7.88. The van der Waals surface area contributed by atoms with Gasteiger partial charge in [-0.1, -0.05) is 30.3 Å². The number of hydrogen-bond donors (Lipinski definition) is 3. The second-order valence-corrected chi connectivity index (χ2v) is 12.8. The van der Waals surface area contributed by atoms with E-state index in [0.717, 1.165) is 48.7 Å². The lowest BCUT2D eigenvalue weighted by Crippen LogP contribution is -2.44. The summed E-state index contributed by atoms with van der Waals surface area (Å²) in [4.78, 5) is 33.9. The molecule has 0 bridgehead atoms. The van der Waals surface area contributed by atoms with Crippen LogP contribution in [0.4, 0.5) is 27.7 Å².